The number of β-amino-alcohol motifs (C(OH)–C–C–N with tert-alkyl or cyclic N) is 1. The molecule has 13 heavy (non-hydrogen) atoms. The van der Waals surface area contributed by atoms with Crippen molar-refractivity contribution in [3.63, 3.8) is 0 Å². The van der Waals surface area contributed by atoms with E-state index in [2.05, 4.69) is 0 Å². The number of carbonyl (C=O) groups is 1. The Hall–Kier alpha value is -0.570. The summed E-state index contributed by atoms with van der Waals surface area (Å²) in [5.41, 5.74) is -0.495. The molecule has 1 saturated heterocycles. The monoisotopic (exact) mass is 181 g/mol. The van der Waals surface area contributed by atoms with E-state index in [4.69, 9.17) is 0 Å². The predicted octanol–water partition coefficient (Wildman–Crippen LogP) is 0.380. The molecule has 2 aliphatic carbocycles. The third-order valence-corrected chi connectivity index (χ3v) is 3.50. The van der Waals surface area contributed by atoms with Gasteiger partial charge in [-0.1, -0.05) is 0 Å². The summed E-state index contributed by atoms with van der Waals surface area (Å²) in [5, 5.41) is 9.98. The maximum Gasteiger partial charge on any atom is 0.225 e. The number of aliphatic hydroxyl groups is 1. The summed E-state index contributed by atoms with van der Waals surface area (Å²) < 4.78 is 0. The first kappa shape index (κ1) is 7.80. The lowest BCUT2D eigenvalue weighted by Gasteiger charge is -2.47. The summed E-state index contributed by atoms with van der Waals surface area (Å²) in [7, 11) is 0. The van der Waals surface area contributed by atoms with E-state index in [9.17, 15) is 9.90 Å². The molecular formula is C10H15NO2. The van der Waals surface area contributed by atoms with Crippen molar-refractivity contribution in [2.75, 3.05) is 13.1 Å². The fourth-order valence-electron chi connectivity index (χ4n) is 2.24. The Morgan fingerprint density at radius 2 is 1.85 bits per heavy atom. The molecule has 0 spiro atoms. The van der Waals surface area contributed by atoms with Gasteiger partial charge in [-0.2, -0.15) is 0 Å². The average molecular weight is 181 g/mol. The SMILES string of the molecule is O=C(C1CC1)N1CC(O)(C2CC2)C1. The molecule has 0 bridgehead atoms. The minimum absolute atomic E-state index is 0.283. The minimum Gasteiger partial charge on any atom is -0.386 e. The van der Waals surface area contributed by atoms with Crippen molar-refractivity contribution in [2.24, 2.45) is 11.8 Å². The number of carbonyl (C=O) groups excluding carboxylic acids is 1. The highest BCUT2D eigenvalue weighted by Gasteiger charge is 2.54. The van der Waals surface area contributed by atoms with Crippen LogP contribution in [0.5, 0.6) is 0 Å². The number of likely N-dealkylation sites (tertiary alicyclic amines) is 1. The zero-order valence-corrected chi connectivity index (χ0v) is 7.70. The van der Waals surface area contributed by atoms with Gasteiger partial charge in [0.15, 0.2) is 0 Å². The Kier molecular flexibility index (Phi) is 1.36. The molecule has 2 saturated carbocycles. The summed E-state index contributed by atoms with van der Waals surface area (Å²) in [4.78, 5) is 13.4. The highest BCUT2D eigenvalue weighted by Crippen LogP contribution is 2.45. The van der Waals surface area contributed by atoms with Crippen LogP contribution < -0.4 is 0 Å². The van der Waals surface area contributed by atoms with Crippen molar-refractivity contribution in [3.05, 3.63) is 0 Å². The summed E-state index contributed by atoms with van der Waals surface area (Å²) in [6.07, 6.45) is 4.44. The van der Waals surface area contributed by atoms with Gasteiger partial charge < -0.3 is 10.0 Å². The smallest absolute Gasteiger partial charge is 0.225 e. The second kappa shape index (κ2) is 2.27. The standard InChI is InChI=1S/C10H15NO2/c12-9(7-1-2-7)11-5-10(13,6-11)8-3-4-8/h7-8,13H,1-6H2. The highest BCUT2D eigenvalue weighted by molar-refractivity contribution is 5.82. The summed E-state index contributed by atoms with van der Waals surface area (Å²) in [6, 6.07) is 0. The molecule has 3 aliphatic rings. The van der Waals surface area contributed by atoms with Gasteiger partial charge in [0.25, 0.3) is 0 Å². The molecule has 1 amide bonds. The molecule has 1 N–H and O–H groups in total. The van der Waals surface area contributed by atoms with Crippen LogP contribution in [0.1, 0.15) is 25.7 Å². The molecule has 0 aromatic rings. The van der Waals surface area contributed by atoms with Crippen molar-refractivity contribution >= 4 is 5.91 Å². The lowest BCUT2D eigenvalue weighted by atomic mass is 9.88. The number of amides is 1. The third-order valence-electron chi connectivity index (χ3n) is 3.50. The van der Waals surface area contributed by atoms with Crippen LogP contribution in [0.2, 0.25) is 0 Å². The number of rotatable bonds is 2. The third kappa shape index (κ3) is 1.17. The zero-order chi connectivity index (χ0) is 9.05. The lowest BCUT2D eigenvalue weighted by molar-refractivity contribution is -0.160. The Morgan fingerprint density at radius 1 is 1.23 bits per heavy atom. The second-order valence-electron chi connectivity index (χ2n) is 4.85. The number of nitrogens with zero attached hydrogens (tertiary/aromatic N) is 1. The van der Waals surface area contributed by atoms with E-state index in [-0.39, 0.29) is 5.91 Å². The van der Waals surface area contributed by atoms with Crippen LogP contribution in [0.4, 0.5) is 0 Å². The van der Waals surface area contributed by atoms with E-state index in [0.717, 1.165) is 25.7 Å². The van der Waals surface area contributed by atoms with E-state index >= 15 is 0 Å². The molecule has 3 fully saturated rings. The van der Waals surface area contributed by atoms with Gasteiger partial charge in [-0.25, -0.2) is 0 Å². The first-order valence-electron chi connectivity index (χ1n) is 5.20. The lowest BCUT2D eigenvalue weighted by Crippen LogP contribution is -2.65. The van der Waals surface area contributed by atoms with Gasteiger partial charge in [0.2, 0.25) is 5.91 Å². The van der Waals surface area contributed by atoms with Crippen molar-refractivity contribution in [3.8, 4) is 0 Å². The Bertz CT molecular complexity index is 250. The highest BCUT2D eigenvalue weighted by atomic mass is 16.3. The van der Waals surface area contributed by atoms with E-state index in [1.54, 1.807) is 0 Å². The minimum atomic E-state index is -0.495. The molecule has 0 atom stereocenters. The van der Waals surface area contributed by atoms with Crippen LogP contribution in [0.15, 0.2) is 0 Å². The van der Waals surface area contributed by atoms with Crippen molar-refractivity contribution in [2.45, 2.75) is 31.3 Å². The van der Waals surface area contributed by atoms with Crippen molar-refractivity contribution in [1.82, 2.24) is 4.90 Å². The van der Waals surface area contributed by atoms with Gasteiger partial charge in [-0.15, -0.1) is 0 Å². The Labute approximate surface area is 77.7 Å². The van der Waals surface area contributed by atoms with Crippen LogP contribution in [0, 0.1) is 11.8 Å². The first-order chi connectivity index (χ1) is 6.19. The molecular weight excluding hydrogens is 166 g/mol. The van der Waals surface area contributed by atoms with E-state index in [0.29, 0.717) is 24.9 Å². The molecule has 0 unspecified atom stereocenters. The second-order valence-corrected chi connectivity index (χ2v) is 4.85. The fraction of sp³-hybridized carbons (Fsp3) is 0.900. The molecule has 3 rings (SSSR count). The molecule has 3 nitrogen and oxygen atoms in total. The van der Waals surface area contributed by atoms with Crippen LogP contribution >= 0.6 is 0 Å². The number of hydrogen-bond acceptors (Lipinski definition) is 2. The molecule has 0 aromatic carbocycles. The molecule has 0 aromatic heterocycles. The zero-order valence-electron chi connectivity index (χ0n) is 7.70. The predicted molar refractivity (Wildman–Crippen MR) is 47.0 cm³/mol. The summed E-state index contributed by atoms with van der Waals surface area (Å²) >= 11 is 0. The molecule has 72 valence electrons. The molecule has 1 heterocycles. The van der Waals surface area contributed by atoms with Gasteiger partial charge in [0, 0.05) is 5.92 Å². The maximum absolute atomic E-state index is 11.5. The maximum atomic E-state index is 11.5. The molecule has 0 radical (unpaired) electrons. The van der Waals surface area contributed by atoms with Crippen LogP contribution in [0.3, 0.4) is 0 Å². The largest absolute Gasteiger partial charge is 0.386 e. The van der Waals surface area contributed by atoms with Crippen molar-refractivity contribution in [1.29, 1.82) is 0 Å². The van der Waals surface area contributed by atoms with Gasteiger partial charge in [0.05, 0.1) is 13.1 Å². The van der Waals surface area contributed by atoms with Gasteiger partial charge in [-0.3, -0.25) is 4.79 Å². The topological polar surface area (TPSA) is 40.5 Å². The molecule has 1 aliphatic heterocycles. The number of hydrogen-bond donors (Lipinski definition) is 1. The summed E-state index contributed by atoms with van der Waals surface area (Å²) in [6.45, 7) is 1.21. The van der Waals surface area contributed by atoms with Crippen LogP contribution in [-0.4, -0.2) is 34.6 Å². The summed E-state index contributed by atoms with van der Waals surface area (Å²) in [5.74, 6) is 1.09. The van der Waals surface area contributed by atoms with E-state index < -0.39 is 5.60 Å². The van der Waals surface area contributed by atoms with Crippen LogP contribution in [-0.2, 0) is 4.79 Å². The Morgan fingerprint density at radius 3 is 2.31 bits per heavy atom. The van der Waals surface area contributed by atoms with Crippen molar-refractivity contribution < 1.29 is 9.90 Å². The quantitative estimate of drug-likeness (QED) is 0.669. The van der Waals surface area contributed by atoms with E-state index in [1.807, 2.05) is 4.90 Å². The van der Waals surface area contributed by atoms with Gasteiger partial charge >= 0.3 is 0 Å². The van der Waals surface area contributed by atoms with Gasteiger partial charge in [-0.05, 0) is 31.6 Å². The molecule has 3 heteroatoms. The van der Waals surface area contributed by atoms with Gasteiger partial charge in [0.1, 0.15) is 5.60 Å². The Balaban J connectivity index is 1.58. The van der Waals surface area contributed by atoms with E-state index in [1.165, 1.54) is 0 Å². The average Bonchev–Trinajstić information content (AvgIpc) is 2.86. The first-order valence-corrected chi connectivity index (χ1v) is 5.20. The van der Waals surface area contributed by atoms with Crippen LogP contribution in [0.25, 0.3) is 0 Å². The fourth-order valence-corrected chi connectivity index (χ4v) is 2.24. The normalized spacial score (nSPS) is 31.3.